The summed E-state index contributed by atoms with van der Waals surface area (Å²) in [5.41, 5.74) is 0. The summed E-state index contributed by atoms with van der Waals surface area (Å²) in [7, 11) is 0. The summed E-state index contributed by atoms with van der Waals surface area (Å²) in [6, 6.07) is 0. The summed E-state index contributed by atoms with van der Waals surface area (Å²) >= 11 is 0. The van der Waals surface area contributed by atoms with Crippen LogP contribution in [0.15, 0.2) is 0 Å². The van der Waals surface area contributed by atoms with Gasteiger partial charge in [0.2, 0.25) is 5.91 Å². The summed E-state index contributed by atoms with van der Waals surface area (Å²) in [5, 5.41) is 6.16. The standard InChI is InChI=1S/C9H18N2O/c1-8(12)11-7-4-9-2-5-10-6-3-9/h9-10H,2-7H2,1H3,(H,11,12). The zero-order valence-electron chi connectivity index (χ0n) is 7.73. The normalized spacial score (nSPS) is 19.1. The van der Waals surface area contributed by atoms with E-state index in [1.807, 2.05) is 0 Å². The average Bonchev–Trinajstić information content (AvgIpc) is 2.05. The van der Waals surface area contributed by atoms with Gasteiger partial charge in [-0.3, -0.25) is 4.79 Å². The number of carbonyl (C=O) groups is 1. The van der Waals surface area contributed by atoms with E-state index in [0.29, 0.717) is 0 Å². The molecule has 1 rings (SSSR count). The largest absolute Gasteiger partial charge is 0.356 e. The topological polar surface area (TPSA) is 41.1 Å². The van der Waals surface area contributed by atoms with Crippen molar-refractivity contribution in [3.05, 3.63) is 0 Å². The first-order chi connectivity index (χ1) is 5.79. The molecule has 1 saturated heterocycles. The molecule has 70 valence electrons. The predicted octanol–water partition coefficient (Wildman–Crippen LogP) is 0.512. The molecule has 1 amide bonds. The molecule has 0 aromatic rings. The van der Waals surface area contributed by atoms with Crippen LogP contribution in [0.25, 0.3) is 0 Å². The van der Waals surface area contributed by atoms with Crippen molar-refractivity contribution in [3.8, 4) is 0 Å². The zero-order chi connectivity index (χ0) is 8.81. The van der Waals surface area contributed by atoms with Crippen LogP contribution in [0.5, 0.6) is 0 Å². The SMILES string of the molecule is CC(=O)NCCC1CCNCC1. The molecule has 1 aliphatic heterocycles. The fraction of sp³-hybridized carbons (Fsp3) is 0.889. The number of piperidine rings is 1. The Bertz CT molecular complexity index is 141. The van der Waals surface area contributed by atoms with Crippen LogP contribution in [0.3, 0.4) is 0 Å². The van der Waals surface area contributed by atoms with Gasteiger partial charge in [0.15, 0.2) is 0 Å². The fourth-order valence-corrected chi connectivity index (χ4v) is 1.62. The second-order valence-corrected chi connectivity index (χ2v) is 3.47. The van der Waals surface area contributed by atoms with Crippen LogP contribution in [0, 0.1) is 5.92 Å². The maximum Gasteiger partial charge on any atom is 0.216 e. The average molecular weight is 170 g/mol. The van der Waals surface area contributed by atoms with Gasteiger partial charge in [0.05, 0.1) is 0 Å². The molecule has 12 heavy (non-hydrogen) atoms. The third-order valence-electron chi connectivity index (χ3n) is 2.39. The molecular formula is C9H18N2O. The molecule has 3 nitrogen and oxygen atoms in total. The van der Waals surface area contributed by atoms with Crippen molar-refractivity contribution in [2.75, 3.05) is 19.6 Å². The molecule has 0 aromatic heterocycles. The lowest BCUT2D eigenvalue weighted by molar-refractivity contribution is -0.119. The van der Waals surface area contributed by atoms with E-state index in [0.717, 1.165) is 32.0 Å². The second kappa shape index (κ2) is 5.14. The van der Waals surface area contributed by atoms with Gasteiger partial charge >= 0.3 is 0 Å². The molecule has 0 spiro atoms. The fourth-order valence-electron chi connectivity index (χ4n) is 1.62. The third kappa shape index (κ3) is 3.72. The van der Waals surface area contributed by atoms with E-state index >= 15 is 0 Å². The smallest absolute Gasteiger partial charge is 0.216 e. The minimum atomic E-state index is 0.0870. The summed E-state index contributed by atoms with van der Waals surface area (Å²) < 4.78 is 0. The molecule has 0 bridgehead atoms. The predicted molar refractivity (Wildman–Crippen MR) is 48.9 cm³/mol. The summed E-state index contributed by atoms with van der Waals surface area (Å²) in [4.78, 5) is 10.6. The first-order valence-electron chi connectivity index (χ1n) is 4.74. The number of hydrogen-bond donors (Lipinski definition) is 2. The van der Waals surface area contributed by atoms with Crippen LogP contribution in [-0.4, -0.2) is 25.5 Å². The zero-order valence-corrected chi connectivity index (χ0v) is 7.73. The van der Waals surface area contributed by atoms with Crippen molar-refractivity contribution < 1.29 is 4.79 Å². The number of nitrogens with one attached hydrogen (secondary N) is 2. The van der Waals surface area contributed by atoms with E-state index < -0.39 is 0 Å². The number of carbonyl (C=O) groups excluding carboxylic acids is 1. The van der Waals surface area contributed by atoms with E-state index in [-0.39, 0.29) is 5.91 Å². The molecule has 1 aliphatic rings. The van der Waals surface area contributed by atoms with Crippen LogP contribution in [0.4, 0.5) is 0 Å². The third-order valence-corrected chi connectivity index (χ3v) is 2.39. The Hall–Kier alpha value is -0.570. The van der Waals surface area contributed by atoms with Crippen LogP contribution in [0.2, 0.25) is 0 Å². The van der Waals surface area contributed by atoms with Crippen LogP contribution in [-0.2, 0) is 4.79 Å². The monoisotopic (exact) mass is 170 g/mol. The first kappa shape index (κ1) is 9.52. The number of hydrogen-bond acceptors (Lipinski definition) is 2. The lowest BCUT2D eigenvalue weighted by Crippen LogP contribution is -2.30. The van der Waals surface area contributed by atoms with Gasteiger partial charge in [0.25, 0.3) is 0 Å². The molecule has 2 N–H and O–H groups in total. The minimum absolute atomic E-state index is 0.0870. The maximum atomic E-state index is 10.6. The quantitative estimate of drug-likeness (QED) is 0.648. The van der Waals surface area contributed by atoms with Gasteiger partial charge in [-0.2, -0.15) is 0 Å². The lowest BCUT2D eigenvalue weighted by Gasteiger charge is -2.22. The highest BCUT2D eigenvalue weighted by atomic mass is 16.1. The Labute approximate surface area is 73.9 Å². The van der Waals surface area contributed by atoms with Crippen molar-refractivity contribution in [1.29, 1.82) is 0 Å². The molecule has 0 saturated carbocycles. The van der Waals surface area contributed by atoms with E-state index in [9.17, 15) is 4.79 Å². The van der Waals surface area contributed by atoms with Gasteiger partial charge < -0.3 is 10.6 Å². The molecule has 1 fully saturated rings. The van der Waals surface area contributed by atoms with E-state index in [2.05, 4.69) is 10.6 Å². The Morgan fingerprint density at radius 3 is 2.75 bits per heavy atom. The molecular weight excluding hydrogens is 152 g/mol. The van der Waals surface area contributed by atoms with Crippen molar-refractivity contribution in [3.63, 3.8) is 0 Å². The Morgan fingerprint density at radius 1 is 1.50 bits per heavy atom. The van der Waals surface area contributed by atoms with E-state index in [1.165, 1.54) is 12.8 Å². The van der Waals surface area contributed by atoms with Crippen LogP contribution >= 0.6 is 0 Å². The van der Waals surface area contributed by atoms with E-state index in [1.54, 1.807) is 6.92 Å². The minimum Gasteiger partial charge on any atom is -0.356 e. The second-order valence-electron chi connectivity index (χ2n) is 3.47. The van der Waals surface area contributed by atoms with Crippen molar-refractivity contribution in [2.45, 2.75) is 26.2 Å². The number of rotatable bonds is 3. The highest BCUT2D eigenvalue weighted by Gasteiger charge is 2.11. The summed E-state index contributed by atoms with van der Waals surface area (Å²) in [5.74, 6) is 0.905. The summed E-state index contributed by atoms with van der Waals surface area (Å²) in [6.07, 6.45) is 3.67. The van der Waals surface area contributed by atoms with Crippen LogP contribution in [0.1, 0.15) is 26.2 Å². The Morgan fingerprint density at radius 2 is 2.17 bits per heavy atom. The highest BCUT2D eigenvalue weighted by molar-refractivity contribution is 5.72. The molecule has 1 heterocycles. The molecule has 0 radical (unpaired) electrons. The Kier molecular flexibility index (Phi) is 4.08. The summed E-state index contributed by atoms with van der Waals surface area (Å²) in [6.45, 7) is 4.71. The Balaban J connectivity index is 2.01. The molecule has 0 atom stereocenters. The first-order valence-corrected chi connectivity index (χ1v) is 4.74. The van der Waals surface area contributed by atoms with Crippen molar-refractivity contribution in [2.24, 2.45) is 5.92 Å². The van der Waals surface area contributed by atoms with Gasteiger partial charge in [-0.25, -0.2) is 0 Å². The molecule has 0 aliphatic carbocycles. The molecule has 0 unspecified atom stereocenters. The molecule has 0 aromatic carbocycles. The lowest BCUT2D eigenvalue weighted by atomic mass is 9.95. The molecule has 3 heteroatoms. The van der Waals surface area contributed by atoms with Crippen molar-refractivity contribution >= 4 is 5.91 Å². The highest BCUT2D eigenvalue weighted by Crippen LogP contribution is 2.14. The maximum absolute atomic E-state index is 10.6. The van der Waals surface area contributed by atoms with Gasteiger partial charge in [-0.1, -0.05) is 0 Å². The van der Waals surface area contributed by atoms with E-state index in [4.69, 9.17) is 0 Å². The van der Waals surface area contributed by atoms with Gasteiger partial charge in [0.1, 0.15) is 0 Å². The van der Waals surface area contributed by atoms with Crippen LogP contribution < -0.4 is 10.6 Å². The van der Waals surface area contributed by atoms with Gasteiger partial charge in [0, 0.05) is 13.5 Å². The van der Waals surface area contributed by atoms with Gasteiger partial charge in [-0.05, 0) is 38.3 Å². The van der Waals surface area contributed by atoms with Gasteiger partial charge in [-0.15, -0.1) is 0 Å². The van der Waals surface area contributed by atoms with Crippen molar-refractivity contribution in [1.82, 2.24) is 10.6 Å². The number of amides is 1.